The minimum Gasteiger partial charge on any atom is -0.385 e. The largest absolute Gasteiger partial charge is 0.385 e. The molecule has 5 heteroatoms. The minimum absolute atomic E-state index is 0.0750. The van der Waals surface area contributed by atoms with Gasteiger partial charge >= 0.3 is 0 Å². The lowest BCUT2D eigenvalue weighted by molar-refractivity contribution is 0.322. The topological polar surface area (TPSA) is 58.2 Å². The highest BCUT2D eigenvalue weighted by Crippen LogP contribution is 2.40. The van der Waals surface area contributed by atoms with Crippen molar-refractivity contribution in [3.63, 3.8) is 0 Å². The molecule has 1 saturated carbocycles. The van der Waals surface area contributed by atoms with Crippen LogP contribution in [0.1, 0.15) is 57.6 Å². The van der Waals surface area contributed by atoms with Gasteiger partial charge in [0.25, 0.3) is 0 Å². The van der Waals surface area contributed by atoms with Crippen molar-refractivity contribution < 1.29 is 8.42 Å². The van der Waals surface area contributed by atoms with Gasteiger partial charge in [0.05, 0.1) is 4.75 Å². The number of fused-ring (bicyclic) bond motifs is 3. The van der Waals surface area contributed by atoms with Crippen LogP contribution in [0.25, 0.3) is 11.1 Å². The van der Waals surface area contributed by atoms with Crippen molar-refractivity contribution in [3.8, 4) is 11.1 Å². The summed E-state index contributed by atoms with van der Waals surface area (Å²) in [6.07, 6.45) is 4.94. The van der Waals surface area contributed by atoms with E-state index in [2.05, 4.69) is 52.5 Å². The highest BCUT2D eigenvalue weighted by Gasteiger charge is 2.32. The molecule has 2 aromatic carbocycles. The van der Waals surface area contributed by atoms with E-state index in [-0.39, 0.29) is 6.04 Å². The van der Waals surface area contributed by atoms with Crippen molar-refractivity contribution in [2.75, 3.05) is 11.9 Å². The average Bonchev–Trinajstić information content (AvgIpc) is 3.06. The van der Waals surface area contributed by atoms with Gasteiger partial charge in [-0.2, -0.15) is 0 Å². The highest BCUT2D eigenvalue weighted by atomic mass is 32.2. The van der Waals surface area contributed by atoms with Crippen LogP contribution < -0.4 is 10.0 Å². The lowest BCUT2D eigenvalue weighted by atomic mass is 9.86. The summed E-state index contributed by atoms with van der Waals surface area (Å²) in [7, 11) is -3.27. The van der Waals surface area contributed by atoms with Crippen LogP contribution in [0.4, 0.5) is 5.69 Å². The molecule has 0 spiro atoms. The fourth-order valence-corrected chi connectivity index (χ4v) is 5.49. The Morgan fingerprint density at radius 2 is 1.62 bits per heavy atom. The van der Waals surface area contributed by atoms with Crippen LogP contribution in [0, 0.1) is 5.92 Å². The van der Waals surface area contributed by atoms with Gasteiger partial charge in [-0.15, -0.1) is 0 Å². The molecule has 2 aliphatic carbocycles. The Morgan fingerprint density at radius 1 is 0.931 bits per heavy atom. The summed E-state index contributed by atoms with van der Waals surface area (Å²) in [6, 6.07) is 15.3. The van der Waals surface area contributed by atoms with Gasteiger partial charge in [0.1, 0.15) is 0 Å². The van der Waals surface area contributed by atoms with Gasteiger partial charge in [-0.3, -0.25) is 0 Å². The van der Waals surface area contributed by atoms with Crippen molar-refractivity contribution in [2.24, 2.45) is 5.92 Å². The van der Waals surface area contributed by atoms with E-state index in [9.17, 15) is 8.42 Å². The van der Waals surface area contributed by atoms with Gasteiger partial charge in [-0.1, -0.05) is 36.4 Å². The van der Waals surface area contributed by atoms with Crippen LogP contribution in [0.15, 0.2) is 42.5 Å². The third-order valence-electron chi connectivity index (χ3n) is 6.41. The molecule has 156 valence electrons. The fourth-order valence-electron chi connectivity index (χ4n) is 4.46. The second-order valence-electron chi connectivity index (χ2n) is 9.50. The number of benzene rings is 2. The van der Waals surface area contributed by atoms with Gasteiger partial charge in [0.15, 0.2) is 0 Å². The Hall–Kier alpha value is -1.85. The first-order chi connectivity index (χ1) is 13.7. The third-order valence-corrected chi connectivity index (χ3v) is 8.66. The van der Waals surface area contributed by atoms with Gasteiger partial charge in [0.2, 0.25) is 10.0 Å². The van der Waals surface area contributed by atoms with Crippen LogP contribution in [0.5, 0.6) is 0 Å². The summed E-state index contributed by atoms with van der Waals surface area (Å²) in [5, 5.41) is 3.70. The zero-order valence-corrected chi connectivity index (χ0v) is 18.5. The van der Waals surface area contributed by atoms with Crippen molar-refractivity contribution in [2.45, 2.75) is 63.7 Å². The Balaban J connectivity index is 1.33. The van der Waals surface area contributed by atoms with Gasteiger partial charge < -0.3 is 5.32 Å². The van der Waals surface area contributed by atoms with Crippen LogP contribution in [-0.2, 0) is 16.4 Å². The van der Waals surface area contributed by atoms with Crippen molar-refractivity contribution in [3.05, 3.63) is 53.6 Å². The van der Waals surface area contributed by atoms with E-state index < -0.39 is 14.8 Å². The summed E-state index contributed by atoms with van der Waals surface area (Å²) >= 11 is 0. The molecule has 0 unspecified atom stereocenters. The molecule has 1 fully saturated rings. The van der Waals surface area contributed by atoms with Crippen LogP contribution in [-0.4, -0.2) is 25.8 Å². The molecule has 4 nitrogen and oxygen atoms in total. The Bertz CT molecular complexity index is 984. The fraction of sp³-hybridized carbons (Fsp3) is 0.500. The predicted octanol–water partition coefficient (Wildman–Crippen LogP) is 4.95. The minimum atomic E-state index is -3.27. The highest BCUT2D eigenvalue weighted by molar-refractivity contribution is 7.90. The second-order valence-corrected chi connectivity index (χ2v) is 12.0. The molecule has 2 aliphatic rings. The Kier molecular flexibility index (Phi) is 5.47. The van der Waals surface area contributed by atoms with E-state index in [4.69, 9.17) is 0 Å². The molecular formula is C24H32N2O2S. The third kappa shape index (κ3) is 4.22. The maximum absolute atomic E-state index is 12.4. The van der Waals surface area contributed by atoms with Crippen LogP contribution in [0.2, 0.25) is 0 Å². The predicted molar refractivity (Wildman–Crippen MR) is 121 cm³/mol. The molecule has 0 bridgehead atoms. The standard InChI is InChI=1S/C24H32N2O2S/c1-24(2,3)29(27,28)26-19-13-11-17(12-14-19)16-25-23-10-6-9-21-20-8-5-4-7-18(20)15-22(21)23/h4-10,17,19,25-26H,11-16H2,1-3H3/t17-,19-. The molecule has 4 rings (SSSR count). The molecule has 0 saturated heterocycles. The number of anilines is 1. The molecule has 2 aromatic rings. The van der Waals surface area contributed by atoms with E-state index in [0.717, 1.165) is 38.6 Å². The van der Waals surface area contributed by atoms with E-state index in [0.29, 0.717) is 5.92 Å². The maximum atomic E-state index is 12.4. The lowest BCUT2D eigenvalue weighted by Crippen LogP contribution is -2.46. The van der Waals surface area contributed by atoms with E-state index in [1.54, 1.807) is 20.8 Å². The summed E-state index contributed by atoms with van der Waals surface area (Å²) < 4.78 is 27.0. The molecular weight excluding hydrogens is 380 g/mol. The van der Waals surface area contributed by atoms with E-state index >= 15 is 0 Å². The monoisotopic (exact) mass is 412 g/mol. The zero-order valence-electron chi connectivity index (χ0n) is 17.7. The molecule has 0 heterocycles. The molecule has 0 aromatic heterocycles. The lowest BCUT2D eigenvalue weighted by Gasteiger charge is -2.31. The van der Waals surface area contributed by atoms with E-state index in [1.165, 1.54) is 27.9 Å². The summed E-state index contributed by atoms with van der Waals surface area (Å²) in [6.45, 7) is 6.20. The van der Waals surface area contributed by atoms with Gasteiger partial charge in [-0.05, 0) is 80.7 Å². The Labute approximate surface area is 175 Å². The van der Waals surface area contributed by atoms with Gasteiger partial charge in [-0.25, -0.2) is 13.1 Å². The number of hydrogen-bond donors (Lipinski definition) is 2. The van der Waals surface area contributed by atoms with Gasteiger partial charge in [0, 0.05) is 24.7 Å². The van der Waals surface area contributed by atoms with Crippen molar-refractivity contribution >= 4 is 15.7 Å². The zero-order chi connectivity index (χ0) is 20.6. The SMILES string of the molecule is CC(C)(C)S(=O)(=O)N[C@H]1CC[C@H](CNc2cccc3c2Cc2ccccc2-3)CC1. The first-order valence-electron chi connectivity index (χ1n) is 10.7. The quantitative estimate of drug-likeness (QED) is 0.624. The smallest absolute Gasteiger partial charge is 0.216 e. The number of nitrogens with one attached hydrogen (secondary N) is 2. The van der Waals surface area contributed by atoms with Crippen molar-refractivity contribution in [1.82, 2.24) is 4.72 Å². The molecule has 0 radical (unpaired) electrons. The molecule has 2 N–H and O–H groups in total. The maximum Gasteiger partial charge on any atom is 0.216 e. The first-order valence-corrected chi connectivity index (χ1v) is 12.2. The van der Waals surface area contributed by atoms with E-state index in [1.807, 2.05) is 0 Å². The molecule has 29 heavy (non-hydrogen) atoms. The summed E-state index contributed by atoms with van der Waals surface area (Å²) in [5.41, 5.74) is 6.77. The van der Waals surface area contributed by atoms with Crippen molar-refractivity contribution in [1.29, 1.82) is 0 Å². The molecule has 0 atom stereocenters. The van der Waals surface area contributed by atoms with Crippen LogP contribution in [0.3, 0.4) is 0 Å². The first kappa shape index (κ1) is 20.4. The Morgan fingerprint density at radius 3 is 2.34 bits per heavy atom. The normalized spacial score (nSPS) is 21.5. The number of sulfonamides is 1. The summed E-state index contributed by atoms with van der Waals surface area (Å²) in [4.78, 5) is 0. The number of rotatable bonds is 5. The number of hydrogen-bond acceptors (Lipinski definition) is 3. The summed E-state index contributed by atoms with van der Waals surface area (Å²) in [5.74, 6) is 0.588. The molecule has 0 amide bonds. The second kappa shape index (κ2) is 7.77. The van der Waals surface area contributed by atoms with Crippen LogP contribution >= 0.6 is 0 Å². The average molecular weight is 413 g/mol. The molecule has 0 aliphatic heterocycles.